The summed E-state index contributed by atoms with van der Waals surface area (Å²) in [6, 6.07) is 0. The van der Waals surface area contributed by atoms with Crippen molar-refractivity contribution in [1.29, 1.82) is 0 Å². The summed E-state index contributed by atoms with van der Waals surface area (Å²) in [5, 5.41) is 9.94. The Labute approximate surface area is 81.3 Å². The summed E-state index contributed by atoms with van der Waals surface area (Å²) in [4.78, 5) is 0. The second kappa shape index (κ2) is 3.58. The third-order valence-corrected chi connectivity index (χ3v) is 2.69. The molecule has 78 valence electrons. The van der Waals surface area contributed by atoms with Crippen LogP contribution in [-0.2, 0) is 4.74 Å². The van der Waals surface area contributed by atoms with Crippen molar-refractivity contribution >= 4 is 0 Å². The first kappa shape index (κ1) is 11.0. The average Bonchev–Trinajstić information content (AvgIpc) is 1.79. The van der Waals surface area contributed by atoms with E-state index in [0.29, 0.717) is 12.5 Å². The van der Waals surface area contributed by atoms with Gasteiger partial charge in [-0.05, 0) is 32.6 Å². The second-order valence-electron chi connectivity index (χ2n) is 5.32. The molecule has 0 aromatic heterocycles. The number of rotatable bonds is 2. The van der Waals surface area contributed by atoms with Crippen molar-refractivity contribution in [3.05, 3.63) is 0 Å². The molecule has 2 atom stereocenters. The molecule has 0 amide bonds. The SMILES string of the molecule is CC(C)C[C@]1(C)C[C@@](C)(O)CCO1. The van der Waals surface area contributed by atoms with E-state index in [0.717, 1.165) is 19.3 Å². The Hall–Kier alpha value is -0.0800. The largest absolute Gasteiger partial charge is 0.390 e. The minimum atomic E-state index is -0.526. The van der Waals surface area contributed by atoms with E-state index >= 15 is 0 Å². The van der Waals surface area contributed by atoms with Gasteiger partial charge in [0.25, 0.3) is 0 Å². The van der Waals surface area contributed by atoms with Gasteiger partial charge in [0, 0.05) is 6.42 Å². The monoisotopic (exact) mass is 186 g/mol. The van der Waals surface area contributed by atoms with Crippen LogP contribution in [0.15, 0.2) is 0 Å². The third-order valence-electron chi connectivity index (χ3n) is 2.69. The minimum absolute atomic E-state index is 0.115. The molecule has 1 fully saturated rings. The van der Waals surface area contributed by atoms with Gasteiger partial charge in [-0.2, -0.15) is 0 Å². The summed E-state index contributed by atoms with van der Waals surface area (Å²) in [6.07, 6.45) is 2.56. The van der Waals surface area contributed by atoms with Crippen molar-refractivity contribution in [2.75, 3.05) is 6.61 Å². The zero-order valence-corrected chi connectivity index (χ0v) is 9.26. The number of hydrogen-bond acceptors (Lipinski definition) is 2. The summed E-state index contributed by atoms with van der Waals surface area (Å²) in [7, 11) is 0. The van der Waals surface area contributed by atoms with Gasteiger partial charge < -0.3 is 9.84 Å². The molecule has 0 radical (unpaired) electrons. The molecule has 1 aliphatic heterocycles. The highest BCUT2D eigenvalue weighted by atomic mass is 16.5. The van der Waals surface area contributed by atoms with Gasteiger partial charge in [0.15, 0.2) is 0 Å². The first-order chi connectivity index (χ1) is 5.83. The van der Waals surface area contributed by atoms with Gasteiger partial charge in [0.05, 0.1) is 17.8 Å². The summed E-state index contributed by atoms with van der Waals surface area (Å²) in [5.41, 5.74) is -0.641. The molecule has 1 N–H and O–H groups in total. The standard InChI is InChI=1S/C11H22O2/c1-9(2)7-11(4)8-10(3,12)5-6-13-11/h9,12H,5-8H2,1-4H3/t10-,11+/m0/s1. The quantitative estimate of drug-likeness (QED) is 0.717. The Balaban J connectivity index is 2.58. The molecule has 1 saturated heterocycles. The van der Waals surface area contributed by atoms with E-state index < -0.39 is 5.60 Å². The molecular formula is C11H22O2. The zero-order chi connectivity index (χ0) is 10.1. The van der Waals surface area contributed by atoms with E-state index in [-0.39, 0.29) is 5.60 Å². The number of hydrogen-bond donors (Lipinski definition) is 1. The predicted molar refractivity (Wildman–Crippen MR) is 53.7 cm³/mol. The van der Waals surface area contributed by atoms with Crippen LogP contribution >= 0.6 is 0 Å². The molecule has 0 spiro atoms. The smallest absolute Gasteiger partial charge is 0.0684 e. The summed E-state index contributed by atoms with van der Waals surface area (Å²) < 4.78 is 5.75. The Morgan fingerprint density at radius 3 is 2.46 bits per heavy atom. The van der Waals surface area contributed by atoms with Crippen molar-refractivity contribution in [1.82, 2.24) is 0 Å². The number of ether oxygens (including phenoxy) is 1. The van der Waals surface area contributed by atoms with Crippen LogP contribution in [0.2, 0.25) is 0 Å². The van der Waals surface area contributed by atoms with E-state index in [1.54, 1.807) is 0 Å². The summed E-state index contributed by atoms with van der Waals surface area (Å²) >= 11 is 0. The van der Waals surface area contributed by atoms with Crippen LogP contribution in [0.25, 0.3) is 0 Å². The Bertz CT molecular complexity index is 175. The van der Waals surface area contributed by atoms with Gasteiger partial charge in [-0.25, -0.2) is 0 Å². The van der Waals surface area contributed by atoms with Crippen molar-refractivity contribution in [2.24, 2.45) is 5.92 Å². The molecule has 2 nitrogen and oxygen atoms in total. The lowest BCUT2D eigenvalue weighted by Crippen LogP contribution is -2.46. The van der Waals surface area contributed by atoms with Gasteiger partial charge >= 0.3 is 0 Å². The first-order valence-electron chi connectivity index (χ1n) is 5.19. The first-order valence-corrected chi connectivity index (χ1v) is 5.19. The molecule has 0 aromatic rings. The van der Waals surface area contributed by atoms with Crippen molar-refractivity contribution in [3.63, 3.8) is 0 Å². The highest BCUT2D eigenvalue weighted by Crippen LogP contribution is 2.35. The molecule has 13 heavy (non-hydrogen) atoms. The number of aliphatic hydroxyl groups is 1. The Morgan fingerprint density at radius 1 is 1.38 bits per heavy atom. The summed E-state index contributed by atoms with van der Waals surface area (Å²) in [5.74, 6) is 0.624. The van der Waals surface area contributed by atoms with Gasteiger partial charge in [-0.3, -0.25) is 0 Å². The van der Waals surface area contributed by atoms with Crippen molar-refractivity contribution in [3.8, 4) is 0 Å². The third kappa shape index (κ3) is 3.28. The van der Waals surface area contributed by atoms with Crippen LogP contribution in [0.3, 0.4) is 0 Å². The fourth-order valence-electron chi connectivity index (χ4n) is 2.46. The van der Waals surface area contributed by atoms with Crippen LogP contribution in [0.5, 0.6) is 0 Å². The van der Waals surface area contributed by atoms with Crippen molar-refractivity contribution < 1.29 is 9.84 Å². The molecule has 1 heterocycles. The van der Waals surface area contributed by atoms with Crippen LogP contribution in [-0.4, -0.2) is 22.9 Å². The topological polar surface area (TPSA) is 29.5 Å². The van der Waals surface area contributed by atoms with E-state index in [1.807, 2.05) is 6.92 Å². The van der Waals surface area contributed by atoms with E-state index in [1.165, 1.54) is 0 Å². The molecule has 2 heteroatoms. The average molecular weight is 186 g/mol. The van der Waals surface area contributed by atoms with Crippen LogP contribution < -0.4 is 0 Å². The molecule has 0 aromatic carbocycles. The lowest BCUT2D eigenvalue weighted by atomic mass is 9.80. The fraction of sp³-hybridized carbons (Fsp3) is 1.00. The predicted octanol–water partition coefficient (Wildman–Crippen LogP) is 2.35. The lowest BCUT2D eigenvalue weighted by molar-refractivity contribution is -0.151. The van der Waals surface area contributed by atoms with E-state index in [2.05, 4.69) is 20.8 Å². The fourth-order valence-corrected chi connectivity index (χ4v) is 2.46. The van der Waals surface area contributed by atoms with Gasteiger partial charge in [-0.15, -0.1) is 0 Å². The van der Waals surface area contributed by atoms with Gasteiger partial charge in [-0.1, -0.05) is 13.8 Å². The molecule has 1 rings (SSSR count). The Kier molecular flexibility index (Phi) is 3.03. The molecule has 0 unspecified atom stereocenters. The van der Waals surface area contributed by atoms with Crippen LogP contribution in [0, 0.1) is 5.92 Å². The molecule has 0 bridgehead atoms. The van der Waals surface area contributed by atoms with E-state index in [9.17, 15) is 5.11 Å². The van der Waals surface area contributed by atoms with E-state index in [4.69, 9.17) is 4.74 Å². The maximum absolute atomic E-state index is 9.94. The lowest BCUT2D eigenvalue weighted by Gasteiger charge is -2.42. The highest BCUT2D eigenvalue weighted by molar-refractivity contribution is 4.90. The van der Waals surface area contributed by atoms with Gasteiger partial charge in [0.2, 0.25) is 0 Å². The normalized spacial score (nSPS) is 41.1. The van der Waals surface area contributed by atoms with Crippen LogP contribution in [0.1, 0.15) is 47.0 Å². The van der Waals surface area contributed by atoms with Crippen molar-refractivity contribution in [2.45, 2.75) is 58.2 Å². The maximum atomic E-state index is 9.94. The molecule has 0 aliphatic carbocycles. The minimum Gasteiger partial charge on any atom is -0.390 e. The second-order valence-corrected chi connectivity index (χ2v) is 5.32. The Morgan fingerprint density at radius 2 is 2.00 bits per heavy atom. The summed E-state index contributed by atoms with van der Waals surface area (Å²) in [6.45, 7) is 9.10. The molecule has 1 aliphatic rings. The zero-order valence-electron chi connectivity index (χ0n) is 9.26. The van der Waals surface area contributed by atoms with Gasteiger partial charge in [0.1, 0.15) is 0 Å². The molecular weight excluding hydrogens is 164 g/mol. The van der Waals surface area contributed by atoms with Crippen LogP contribution in [0.4, 0.5) is 0 Å². The molecule has 0 saturated carbocycles. The maximum Gasteiger partial charge on any atom is 0.0684 e. The highest BCUT2D eigenvalue weighted by Gasteiger charge is 2.39.